The quantitative estimate of drug-likeness (QED) is 0.715. The number of anilines is 1. The van der Waals surface area contributed by atoms with Crippen LogP contribution in [0.2, 0.25) is 0 Å². The standard InChI is InChI=1S/C15H19N3O3/c1-3-9-6-5-7-10(4-2)13(9)17-12(19)8-11-14(20)18-15(21)16-11/h5-7,11H,3-4,8H2,1-2H3,(H,17,19)(H2,16,18,20,21). The van der Waals surface area contributed by atoms with Crippen LogP contribution < -0.4 is 16.0 Å². The molecule has 0 saturated carbocycles. The van der Waals surface area contributed by atoms with Crippen molar-refractivity contribution in [1.29, 1.82) is 0 Å². The topological polar surface area (TPSA) is 87.3 Å². The van der Waals surface area contributed by atoms with Crippen LogP contribution in [0, 0.1) is 0 Å². The van der Waals surface area contributed by atoms with Crippen LogP contribution in [0.5, 0.6) is 0 Å². The fourth-order valence-corrected chi connectivity index (χ4v) is 2.38. The molecule has 1 unspecified atom stereocenters. The highest BCUT2D eigenvalue weighted by atomic mass is 16.2. The summed E-state index contributed by atoms with van der Waals surface area (Å²) < 4.78 is 0. The second kappa shape index (κ2) is 6.39. The molecule has 1 fully saturated rings. The summed E-state index contributed by atoms with van der Waals surface area (Å²) >= 11 is 0. The highest BCUT2D eigenvalue weighted by Crippen LogP contribution is 2.22. The van der Waals surface area contributed by atoms with E-state index in [9.17, 15) is 14.4 Å². The molecule has 1 atom stereocenters. The fraction of sp³-hybridized carbons (Fsp3) is 0.400. The lowest BCUT2D eigenvalue weighted by molar-refractivity contribution is -0.124. The number of urea groups is 1. The predicted molar refractivity (Wildman–Crippen MR) is 78.9 cm³/mol. The lowest BCUT2D eigenvalue weighted by Gasteiger charge is -2.15. The molecule has 0 aliphatic carbocycles. The van der Waals surface area contributed by atoms with Gasteiger partial charge in [0, 0.05) is 5.69 Å². The molecule has 1 aliphatic rings. The van der Waals surface area contributed by atoms with Crippen molar-refractivity contribution in [3.05, 3.63) is 29.3 Å². The maximum atomic E-state index is 12.1. The van der Waals surface area contributed by atoms with Crippen molar-refractivity contribution in [3.8, 4) is 0 Å². The van der Waals surface area contributed by atoms with Gasteiger partial charge in [0.25, 0.3) is 5.91 Å². The summed E-state index contributed by atoms with van der Waals surface area (Å²) in [5.41, 5.74) is 2.93. The second-order valence-corrected chi connectivity index (χ2v) is 4.93. The van der Waals surface area contributed by atoms with Crippen LogP contribution in [0.25, 0.3) is 0 Å². The van der Waals surface area contributed by atoms with E-state index in [-0.39, 0.29) is 12.3 Å². The van der Waals surface area contributed by atoms with Crippen molar-refractivity contribution in [2.45, 2.75) is 39.2 Å². The number of nitrogens with one attached hydrogen (secondary N) is 3. The second-order valence-electron chi connectivity index (χ2n) is 4.93. The Labute approximate surface area is 123 Å². The smallest absolute Gasteiger partial charge is 0.322 e. The van der Waals surface area contributed by atoms with E-state index < -0.39 is 18.0 Å². The lowest BCUT2D eigenvalue weighted by Crippen LogP contribution is -2.33. The van der Waals surface area contributed by atoms with Crippen molar-refractivity contribution >= 4 is 23.5 Å². The molecule has 0 bridgehead atoms. The van der Waals surface area contributed by atoms with Crippen LogP contribution in [0.15, 0.2) is 18.2 Å². The van der Waals surface area contributed by atoms with Gasteiger partial charge in [-0.15, -0.1) is 0 Å². The summed E-state index contributed by atoms with van der Waals surface area (Å²) in [5, 5.41) is 7.40. The molecular weight excluding hydrogens is 270 g/mol. The first kappa shape index (κ1) is 15.0. The van der Waals surface area contributed by atoms with E-state index in [2.05, 4.69) is 16.0 Å². The van der Waals surface area contributed by atoms with Crippen molar-refractivity contribution in [2.24, 2.45) is 0 Å². The van der Waals surface area contributed by atoms with Crippen molar-refractivity contribution in [1.82, 2.24) is 10.6 Å². The number of aryl methyl sites for hydroxylation is 2. The molecule has 1 aliphatic heterocycles. The Balaban J connectivity index is 2.09. The number of amides is 4. The number of benzene rings is 1. The molecule has 1 aromatic carbocycles. The molecule has 6 nitrogen and oxygen atoms in total. The molecule has 6 heteroatoms. The summed E-state index contributed by atoms with van der Waals surface area (Å²) in [6, 6.07) is 4.56. The van der Waals surface area contributed by atoms with Gasteiger partial charge in [0.2, 0.25) is 5.91 Å². The van der Waals surface area contributed by atoms with Gasteiger partial charge >= 0.3 is 6.03 Å². The minimum absolute atomic E-state index is 0.0707. The molecule has 0 aromatic heterocycles. The Morgan fingerprint density at radius 3 is 2.29 bits per heavy atom. The third-order valence-electron chi connectivity index (χ3n) is 3.51. The third-order valence-corrected chi connectivity index (χ3v) is 3.51. The summed E-state index contributed by atoms with van der Waals surface area (Å²) in [7, 11) is 0. The molecule has 21 heavy (non-hydrogen) atoms. The van der Waals surface area contributed by atoms with Crippen LogP contribution in [0.3, 0.4) is 0 Å². The number of hydrogen-bond acceptors (Lipinski definition) is 3. The van der Waals surface area contributed by atoms with E-state index in [1.165, 1.54) is 0 Å². The monoisotopic (exact) mass is 289 g/mol. The zero-order chi connectivity index (χ0) is 15.4. The van der Waals surface area contributed by atoms with Crippen LogP contribution in [-0.4, -0.2) is 23.9 Å². The van der Waals surface area contributed by atoms with E-state index >= 15 is 0 Å². The van der Waals surface area contributed by atoms with Crippen molar-refractivity contribution in [2.75, 3.05) is 5.32 Å². The van der Waals surface area contributed by atoms with Crippen LogP contribution in [0.1, 0.15) is 31.4 Å². The Morgan fingerprint density at radius 1 is 1.19 bits per heavy atom. The Kier molecular flexibility index (Phi) is 4.57. The largest absolute Gasteiger partial charge is 0.325 e. The van der Waals surface area contributed by atoms with Crippen molar-refractivity contribution in [3.63, 3.8) is 0 Å². The highest BCUT2D eigenvalue weighted by molar-refractivity contribution is 6.07. The van der Waals surface area contributed by atoms with Crippen LogP contribution in [-0.2, 0) is 22.4 Å². The number of hydrogen-bond donors (Lipinski definition) is 3. The van der Waals surface area contributed by atoms with E-state index in [0.29, 0.717) is 0 Å². The normalized spacial score (nSPS) is 17.3. The van der Waals surface area contributed by atoms with Crippen LogP contribution in [0.4, 0.5) is 10.5 Å². The molecule has 1 aromatic rings. The molecule has 1 saturated heterocycles. The van der Waals surface area contributed by atoms with Gasteiger partial charge in [-0.2, -0.15) is 0 Å². The maximum Gasteiger partial charge on any atom is 0.322 e. The zero-order valence-electron chi connectivity index (χ0n) is 12.2. The third kappa shape index (κ3) is 3.39. The van der Waals surface area contributed by atoms with E-state index in [1.807, 2.05) is 32.0 Å². The number of rotatable bonds is 5. The predicted octanol–water partition coefficient (Wildman–Crippen LogP) is 1.35. The Hall–Kier alpha value is -2.37. The first-order valence-corrected chi connectivity index (χ1v) is 7.07. The van der Waals surface area contributed by atoms with Gasteiger partial charge in [0.1, 0.15) is 6.04 Å². The van der Waals surface area contributed by atoms with Gasteiger partial charge in [-0.25, -0.2) is 4.79 Å². The molecule has 2 rings (SSSR count). The van der Waals surface area contributed by atoms with Crippen LogP contribution >= 0.6 is 0 Å². The Morgan fingerprint density at radius 2 is 1.81 bits per heavy atom. The minimum Gasteiger partial charge on any atom is -0.325 e. The summed E-state index contributed by atoms with van der Waals surface area (Å²) in [5.74, 6) is -0.748. The number of carbonyl (C=O) groups is 3. The fourth-order valence-electron chi connectivity index (χ4n) is 2.38. The number of para-hydroxylation sites is 1. The first-order valence-electron chi connectivity index (χ1n) is 7.07. The zero-order valence-corrected chi connectivity index (χ0v) is 12.2. The molecule has 0 spiro atoms. The SMILES string of the molecule is CCc1cccc(CC)c1NC(=O)CC1NC(=O)NC1=O. The molecule has 112 valence electrons. The van der Waals surface area contributed by atoms with Gasteiger partial charge in [-0.3, -0.25) is 14.9 Å². The average molecular weight is 289 g/mol. The van der Waals surface area contributed by atoms with E-state index in [4.69, 9.17) is 0 Å². The molecule has 4 amide bonds. The molecule has 3 N–H and O–H groups in total. The van der Waals surface area contributed by atoms with Gasteiger partial charge in [-0.05, 0) is 24.0 Å². The summed E-state index contributed by atoms with van der Waals surface area (Å²) in [6.07, 6.45) is 1.55. The summed E-state index contributed by atoms with van der Waals surface area (Å²) in [4.78, 5) is 34.6. The maximum absolute atomic E-state index is 12.1. The number of imide groups is 1. The average Bonchev–Trinajstić information content (AvgIpc) is 2.76. The first-order chi connectivity index (χ1) is 10.0. The number of carbonyl (C=O) groups excluding carboxylic acids is 3. The highest BCUT2D eigenvalue weighted by Gasteiger charge is 2.31. The summed E-state index contributed by atoms with van der Waals surface area (Å²) in [6.45, 7) is 4.05. The molecule has 0 radical (unpaired) electrons. The van der Waals surface area contributed by atoms with Gasteiger partial charge in [0.05, 0.1) is 6.42 Å². The van der Waals surface area contributed by atoms with E-state index in [0.717, 1.165) is 29.7 Å². The minimum atomic E-state index is -0.795. The van der Waals surface area contributed by atoms with Gasteiger partial charge < -0.3 is 10.6 Å². The molecule has 1 heterocycles. The van der Waals surface area contributed by atoms with E-state index in [1.54, 1.807) is 0 Å². The Bertz CT molecular complexity index is 561. The van der Waals surface area contributed by atoms with Gasteiger partial charge in [0.15, 0.2) is 0 Å². The lowest BCUT2D eigenvalue weighted by atomic mass is 10.0. The van der Waals surface area contributed by atoms with Gasteiger partial charge in [-0.1, -0.05) is 32.0 Å². The van der Waals surface area contributed by atoms with Crippen molar-refractivity contribution < 1.29 is 14.4 Å². The molecular formula is C15H19N3O3.